The molecule has 1 atom stereocenters. The van der Waals surface area contributed by atoms with Crippen molar-refractivity contribution < 1.29 is 9.53 Å². The first kappa shape index (κ1) is 24.0. The van der Waals surface area contributed by atoms with Gasteiger partial charge in [0.05, 0.1) is 25.4 Å². The van der Waals surface area contributed by atoms with Gasteiger partial charge < -0.3 is 10.1 Å². The number of benzene rings is 3. The number of hydrogen-bond acceptors (Lipinski definition) is 5. The van der Waals surface area contributed by atoms with Crippen LogP contribution in [0.4, 0.5) is 0 Å². The number of halogens is 1. The number of nitrogens with zero attached hydrogens (tertiary/aromatic N) is 3. The second-order valence-electron chi connectivity index (χ2n) is 7.83. The van der Waals surface area contributed by atoms with E-state index in [1.165, 1.54) is 7.11 Å². The Morgan fingerprint density at radius 2 is 1.74 bits per heavy atom. The molecule has 0 spiro atoms. The van der Waals surface area contributed by atoms with E-state index >= 15 is 0 Å². The number of ether oxygens (including phenoxy) is 1. The summed E-state index contributed by atoms with van der Waals surface area (Å²) in [6.07, 6.45) is 0. The summed E-state index contributed by atoms with van der Waals surface area (Å²) in [6, 6.07) is 22.4. The van der Waals surface area contributed by atoms with Gasteiger partial charge in [-0.3, -0.25) is 14.2 Å². The maximum absolute atomic E-state index is 13.4. The standard InChI is InChI=1S/C26H23ClN4O4/c1-17(18-9-4-3-5-10-18)28-24(32)23-25(33)30(16-19-11-6-7-14-22(19)27)26(34)31(29-23)20-12-8-13-21(15-20)35-2/h3-15,17H,16H2,1-2H3,(H,28,32)/t17-/m0/s1. The van der Waals surface area contributed by atoms with Gasteiger partial charge in [0.1, 0.15) is 5.75 Å². The van der Waals surface area contributed by atoms with Crippen molar-refractivity contribution in [1.29, 1.82) is 0 Å². The molecule has 9 heteroatoms. The number of methoxy groups -OCH3 is 1. The molecule has 0 unspecified atom stereocenters. The van der Waals surface area contributed by atoms with Crippen molar-refractivity contribution >= 4 is 17.5 Å². The Kier molecular flexibility index (Phi) is 7.12. The van der Waals surface area contributed by atoms with Crippen molar-refractivity contribution in [3.8, 4) is 11.4 Å². The second-order valence-corrected chi connectivity index (χ2v) is 8.24. The van der Waals surface area contributed by atoms with Gasteiger partial charge in [0.15, 0.2) is 0 Å². The molecule has 8 nitrogen and oxygen atoms in total. The fourth-order valence-corrected chi connectivity index (χ4v) is 3.79. The van der Waals surface area contributed by atoms with Crippen LogP contribution in [0.3, 0.4) is 0 Å². The van der Waals surface area contributed by atoms with E-state index in [4.69, 9.17) is 16.3 Å². The van der Waals surface area contributed by atoms with Crippen LogP contribution in [0.2, 0.25) is 5.02 Å². The molecule has 4 rings (SSSR count). The summed E-state index contributed by atoms with van der Waals surface area (Å²) >= 11 is 6.28. The van der Waals surface area contributed by atoms with Gasteiger partial charge in [-0.25, -0.2) is 4.79 Å². The maximum Gasteiger partial charge on any atom is 0.352 e. The van der Waals surface area contributed by atoms with Gasteiger partial charge in [-0.1, -0.05) is 66.2 Å². The van der Waals surface area contributed by atoms with Gasteiger partial charge in [-0.15, -0.1) is 0 Å². The molecular formula is C26H23ClN4O4. The molecular weight excluding hydrogens is 468 g/mol. The first-order valence-electron chi connectivity index (χ1n) is 10.9. The predicted octanol–water partition coefficient (Wildman–Crippen LogP) is 3.60. The van der Waals surface area contributed by atoms with Gasteiger partial charge in [0.2, 0.25) is 5.69 Å². The van der Waals surface area contributed by atoms with Gasteiger partial charge in [0.25, 0.3) is 11.5 Å². The highest BCUT2D eigenvalue weighted by molar-refractivity contribution is 6.31. The van der Waals surface area contributed by atoms with Crippen molar-refractivity contribution in [3.05, 3.63) is 122 Å². The molecule has 0 saturated heterocycles. The zero-order valence-corrected chi connectivity index (χ0v) is 19.9. The molecule has 4 aromatic rings. The van der Waals surface area contributed by atoms with Crippen molar-refractivity contribution in [1.82, 2.24) is 19.7 Å². The highest BCUT2D eigenvalue weighted by Gasteiger charge is 2.22. The van der Waals surface area contributed by atoms with Crippen molar-refractivity contribution in [3.63, 3.8) is 0 Å². The monoisotopic (exact) mass is 490 g/mol. The summed E-state index contributed by atoms with van der Waals surface area (Å²) in [6.45, 7) is 1.67. The van der Waals surface area contributed by atoms with Crippen molar-refractivity contribution in [2.24, 2.45) is 0 Å². The van der Waals surface area contributed by atoms with Crippen molar-refractivity contribution in [2.45, 2.75) is 19.5 Å². The zero-order valence-electron chi connectivity index (χ0n) is 19.1. The zero-order chi connectivity index (χ0) is 24.9. The lowest BCUT2D eigenvalue weighted by atomic mass is 10.1. The molecule has 0 aliphatic heterocycles. The molecule has 0 aliphatic rings. The van der Waals surface area contributed by atoms with Gasteiger partial charge >= 0.3 is 5.69 Å². The molecule has 1 aromatic heterocycles. The van der Waals surface area contributed by atoms with Gasteiger partial charge in [0, 0.05) is 11.1 Å². The average Bonchev–Trinajstić information content (AvgIpc) is 2.88. The molecule has 0 bridgehead atoms. The molecule has 1 N–H and O–H groups in total. The van der Waals surface area contributed by atoms with E-state index < -0.39 is 22.9 Å². The molecule has 178 valence electrons. The Morgan fingerprint density at radius 3 is 2.46 bits per heavy atom. The summed E-state index contributed by atoms with van der Waals surface area (Å²) in [5.41, 5.74) is -0.184. The summed E-state index contributed by atoms with van der Waals surface area (Å²) in [4.78, 5) is 39.9. The Morgan fingerprint density at radius 1 is 1.03 bits per heavy atom. The third-order valence-corrected chi connectivity index (χ3v) is 5.87. The highest BCUT2D eigenvalue weighted by Crippen LogP contribution is 2.17. The molecule has 0 fully saturated rings. The summed E-state index contributed by atoms with van der Waals surface area (Å²) < 4.78 is 7.22. The smallest absolute Gasteiger partial charge is 0.352 e. The van der Waals surface area contributed by atoms with Crippen molar-refractivity contribution in [2.75, 3.05) is 7.11 Å². The lowest BCUT2D eigenvalue weighted by Crippen LogP contribution is -2.46. The predicted molar refractivity (Wildman–Crippen MR) is 134 cm³/mol. The second kappa shape index (κ2) is 10.4. The summed E-state index contributed by atoms with van der Waals surface area (Å²) in [5, 5.41) is 7.35. The number of carbonyl (C=O) groups is 1. The Balaban J connectivity index is 1.83. The Labute approximate surface area is 206 Å². The number of nitrogens with one attached hydrogen (secondary N) is 1. The molecule has 35 heavy (non-hydrogen) atoms. The Bertz CT molecular complexity index is 1480. The topological polar surface area (TPSA) is 95.2 Å². The molecule has 1 amide bonds. The van der Waals surface area contributed by atoms with Crippen LogP contribution < -0.4 is 21.3 Å². The minimum Gasteiger partial charge on any atom is -0.497 e. The molecule has 0 aliphatic carbocycles. The van der Waals surface area contributed by atoms with E-state index in [9.17, 15) is 14.4 Å². The van der Waals surface area contributed by atoms with E-state index in [-0.39, 0.29) is 12.6 Å². The Hall–Kier alpha value is -4.17. The van der Waals surface area contributed by atoms with E-state index in [1.807, 2.05) is 30.3 Å². The molecule has 3 aromatic carbocycles. The third kappa shape index (κ3) is 5.17. The largest absolute Gasteiger partial charge is 0.497 e. The van der Waals surface area contributed by atoms with Crippen LogP contribution in [0.25, 0.3) is 5.69 Å². The average molecular weight is 491 g/mol. The number of aromatic nitrogens is 3. The van der Waals surface area contributed by atoms with E-state index in [0.717, 1.165) is 14.8 Å². The fraction of sp³-hybridized carbons (Fsp3) is 0.154. The first-order valence-corrected chi connectivity index (χ1v) is 11.2. The third-order valence-electron chi connectivity index (χ3n) is 5.51. The van der Waals surface area contributed by atoms with E-state index in [1.54, 1.807) is 55.5 Å². The van der Waals surface area contributed by atoms with Crippen LogP contribution in [-0.2, 0) is 6.54 Å². The number of hydrogen-bond donors (Lipinski definition) is 1. The van der Waals surface area contributed by atoms with Gasteiger partial charge in [-0.05, 0) is 36.2 Å². The maximum atomic E-state index is 13.4. The van der Waals surface area contributed by atoms with Crippen LogP contribution >= 0.6 is 11.6 Å². The normalized spacial score (nSPS) is 11.6. The molecule has 0 radical (unpaired) electrons. The quantitative estimate of drug-likeness (QED) is 0.427. The lowest BCUT2D eigenvalue weighted by Gasteiger charge is -2.16. The SMILES string of the molecule is COc1cccc(-n2nc(C(=O)N[C@@H](C)c3ccccc3)c(=O)n(Cc3ccccc3Cl)c2=O)c1. The number of rotatable bonds is 7. The minimum atomic E-state index is -0.813. The summed E-state index contributed by atoms with van der Waals surface area (Å²) in [5.74, 6) is -0.209. The molecule has 0 saturated carbocycles. The van der Waals surface area contributed by atoms with E-state index in [0.29, 0.717) is 22.0 Å². The van der Waals surface area contributed by atoms with E-state index in [2.05, 4.69) is 10.4 Å². The number of amides is 1. The van der Waals surface area contributed by atoms with Crippen LogP contribution in [0.15, 0.2) is 88.5 Å². The van der Waals surface area contributed by atoms with Crippen LogP contribution in [-0.4, -0.2) is 27.4 Å². The fourth-order valence-electron chi connectivity index (χ4n) is 3.59. The summed E-state index contributed by atoms with van der Waals surface area (Å²) in [7, 11) is 1.50. The lowest BCUT2D eigenvalue weighted by molar-refractivity contribution is 0.0930. The number of carbonyl (C=O) groups excluding carboxylic acids is 1. The van der Waals surface area contributed by atoms with Gasteiger partial charge in [-0.2, -0.15) is 9.78 Å². The van der Waals surface area contributed by atoms with Crippen LogP contribution in [0.5, 0.6) is 5.75 Å². The molecule has 1 heterocycles. The van der Waals surface area contributed by atoms with Crippen LogP contribution in [0.1, 0.15) is 34.6 Å². The minimum absolute atomic E-state index is 0.127. The highest BCUT2D eigenvalue weighted by atomic mass is 35.5. The van der Waals surface area contributed by atoms with Crippen LogP contribution in [0, 0.1) is 0 Å². The first-order chi connectivity index (χ1) is 16.9.